The van der Waals surface area contributed by atoms with Gasteiger partial charge in [-0.3, -0.25) is 0 Å². The van der Waals surface area contributed by atoms with Crippen LogP contribution >= 0.6 is 0 Å². The fourth-order valence-electron chi connectivity index (χ4n) is 2.51. The zero-order valence-electron chi connectivity index (χ0n) is 14.4. The Morgan fingerprint density at radius 2 is 1.52 bits per heavy atom. The summed E-state index contributed by atoms with van der Waals surface area (Å²) in [5, 5.41) is 0. The van der Waals surface area contributed by atoms with Crippen LogP contribution in [0.4, 0.5) is 0 Å². The Morgan fingerprint density at radius 3 is 1.96 bits per heavy atom. The summed E-state index contributed by atoms with van der Waals surface area (Å²) in [4.78, 5) is 0. The lowest BCUT2D eigenvalue weighted by molar-refractivity contribution is -0.0163. The van der Waals surface area contributed by atoms with Gasteiger partial charge in [0, 0.05) is 5.41 Å². The SMILES string of the molecule is C=CCOCC(CC)(CCc1ccc(C=C)cc1)COCC=C. The van der Waals surface area contributed by atoms with Crippen molar-refractivity contribution in [3.63, 3.8) is 0 Å². The molecule has 0 bridgehead atoms. The third-order valence-electron chi connectivity index (χ3n) is 4.20. The van der Waals surface area contributed by atoms with Crippen LogP contribution < -0.4 is 0 Å². The summed E-state index contributed by atoms with van der Waals surface area (Å²) in [7, 11) is 0. The van der Waals surface area contributed by atoms with Crippen LogP contribution in [-0.2, 0) is 15.9 Å². The van der Waals surface area contributed by atoms with E-state index in [1.165, 1.54) is 5.56 Å². The Bertz CT molecular complexity index is 459. The minimum absolute atomic E-state index is 0.0309. The van der Waals surface area contributed by atoms with Crippen LogP contribution in [0.2, 0.25) is 0 Å². The zero-order valence-corrected chi connectivity index (χ0v) is 14.4. The van der Waals surface area contributed by atoms with Crippen molar-refractivity contribution in [2.24, 2.45) is 5.41 Å². The molecule has 23 heavy (non-hydrogen) atoms. The van der Waals surface area contributed by atoms with Crippen LogP contribution in [0.3, 0.4) is 0 Å². The molecule has 0 saturated carbocycles. The standard InChI is InChI=1S/C21H30O2/c1-5-15-22-17-21(8-4,18-23-16-6-2)14-13-20-11-9-19(7-3)10-12-20/h5-7,9-12H,1-3,8,13-18H2,4H3. The molecule has 0 heterocycles. The van der Waals surface area contributed by atoms with Crippen LogP contribution in [0.25, 0.3) is 6.08 Å². The Morgan fingerprint density at radius 1 is 0.957 bits per heavy atom. The summed E-state index contributed by atoms with van der Waals surface area (Å²) in [6.45, 7) is 16.0. The van der Waals surface area contributed by atoms with Gasteiger partial charge in [-0.15, -0.1) is 13.2 Å². The molecule has 2 heteroatoms. The Balaban J connectivity index is 2.69. The minimum atomic E-state index is 0.0309. The minimum Gasteiger partial charge on any atom is -0.377 e. The van der Waals surface area contributed by atoms with Crippen LogP contribution in [0.5, 0.6) is 0 Å². The second-order valence-electron chi connectivity index (χ2n) is 5.91. The maximum absolute atomic E-state index is 5.76. The summed E-state index contributed by atoms with van der Waals surface area (Å²) in [6, 6.07) is 8.57. The third kappa shape index (κ3) is 6.98. The quantitative estimate of drug-likeness (QED) is 0.374. The fourth-order valence-corrected chi connectivity index (χ4v) is 2.51. The maximum atomic E-state index is 5.76. The topological polar surface area (TPSA) is 18.5 Å². The summed E-state index contributed by atoms with van der Waals surface area (Å²) >= 11 is 0. The van der Waals surface area contributed by atoms with E-state index in [4.69, 9.17) is 9.47 Å². The molecule has 0 atom stereocenters. The molecule has 2 nitrogen and oxygen atoms in total. The second-order valence-corrected chi connectivity index (χ2v) is 5.91. The number of rotatable bonds is 13. The van der Waals surface area contributed by atoms with Gasteiger partial charge in [0.25, 0.3) is 0 Å². The van der Waals surface area contributed by atoms with Crippen molar-refractivity contribution in [2.75, 3.05) is 26.4 Å². The monoisotopic (exact) mass is 314 g/mol. The molecule has 0 aromatic heterocycles. The molecule has 0 N–H and O–H groups in total. The number of aryl methyl sites for hydroxylation is 1. The first-order valence-electron chi connectivity index (χ1n) is 8.28. The first-order chi connectivity index (χ1) is 11.2. The average Bonchev–Trinajstić information content (AvgIpc) is 2.60. The first kappa shape index (κ1) is 19.4. The molecular weight excluding hydrogens is 284 g/mol. The Hall–Kier alpha value is -1.64. The lowest BCUT2D eigenvalue weighted by Gasteiger charge is -2.32. The van der Waals surface area contributed by atoms with Gasteiger partial charge in [-0.1, -0.05) is 56.0 Å². The molecule has 0 saturated heterocycles. The molecule has 0 aliphatic rings. The van der Waals surface area contributed by atoms with Crippen LogP contribution in [0, 0.1) is 5.41 Å². The van der Waals surface area contributed by atoms with Crippen molar-refractivity contribution in [1.29, 1.82) is 0 Å². The molecule has 0 amide bonds. The van der Waals surface area contributed by atoms with E-state index >= 15 is 0 Å². The van der Waals surface area contributed by atoms with E-state index in [2.05, 4.69) is 50.9 Å². The van der Waals surface area contributed by atoms with E-state index in [0.29, 0.717) is 26.4 Å². The van der Waals surface area contributed by atoms with E-state index in [0.717, 1.165) is 24.8 Å². The zero-order chi connectivity index (χ0) is 17.0. The van der Waals surface area contributed by atoms with Crippen molar-refractivity contribution in [2.45, 2.75) is 26.2 Å². The molecule has 0 aliphatic carbocycles. The highest BCUT2D eigenvalue weighted by Gasteiger charge is 2.28. The molecule has 1 rings (SSSR count). The molecule has 1 aromatic rings. The Labute approximate surface area is 141 Å². The molecule has 126 valence electrons. The number of benzene rings is 1. The van der Waals surface area contributed by atoms with Crippen LogP contribution in [-0.4, -0.2) is 26.4 Å². The van der Waals surface area contributed by atoms with E-state index in [1.807, 2.05) is 6.08 Å². The average molecular weight is 314 g/mol. The lowest BCUT2D eigenvalue weighted by atomic mass is 9.81. The number of ether oxygens (including phenoxy) is 2. The predicted molar refractivity (Wildman–Crippen MR) is 99.6 cm³/mol. The summed E-state index contributed by atoms with van der Waals surface area (Å²) in [6.07, 6.45) is 8.52. The summed E-state index contributed by atoms with van der Waals surface area (Å²) in [5.74, 6) is 0. The normalized spacial score (nSPS) is 11.2. The van der Waals surface area contributed by atoms with E-state index in [1.54, 1.807) is 12.2 Å². The van der Waals surface area contributed by atoms with Crippen LogP contribution in [0.15, 0.2) is 56.2 Å². The van der Waals surface area contributed by atoms with Crippen molar-refractivity contribution < 1.29 is 9.47 Å². The molecule has 0 aliphatic heterocycles. The lowest BCUT2D eigenvalue weighted by Crippen LogP contribution is -2.33. The molecule has 0 radical (unpaired) electrons. The number of hydrogen-bond donors (Lipinski definition) is 0. The van der Waals surface area contributed by atoms with E-state index < -0.39 is 0 Å². The van der Waals surface area contributed by atoms with Crippen molar-refractivity contribution in [1.82, 2.24) is 0 Å². The van der Waals surface area contributed by atoms with Crippen LogP contribution in [0.1, 0.15) is 30.9 Å². The van der Waals surface area contributed by atoms with E-state index in [9.17, 15) is 0 Å². The van der Waals surface area contributed by atoms with Gasteiger partial charge in [0.1, 0.15) is 0 Å². The first-order valence-corrected chi connectivity index (χ1v) is 8.28. The van der Waals surface area contributed by atoms with Gasteiger partial charge in [0.2, 0.25) is 0 Å². The van der Waals surface area contributed by atoms with Gasteiger partial charge < -0.3 is 9.47 Å². The highest BCUT2D eigenvalue weighted by molar-refractivity contribution is 5.47. The molecule has 0 fully saturated rings. The smallest absolute Gasteiger partial charge is 0.0645 e. The maximum Gasteiger partial charge on any atom is 0.0645 e. The molecule has 0 spiro atoms. The summed E-state index contributed by atoms with van der Waals surface area (Å²) in [5.41, 5.74) is 2.52. The number of hydrogen-bond acceptors (Lipinski definition) is 2. The second kappa shape index (κ2) is 11.0. The van der Waals surface area contributed by atoms with Crippen molar-refractivity contribution >= 4 is 6.08 Å². The predicted octanol–water partition coefficient (Wildman–Crippen LogP) is 5.06. The third-order valence-corrected chi connectivity index (χ3v) is 4.20. The highest BCUT2D eigenvalue weighted by atomic mass is 16.5. The van der Waals surface area contributed by atoms with Gasteiger partial charge in [-0.05, 0) is 30.4 Å². The van der Waals surface area contributed by atoms with Gasteiger partial charge in [-0.25, -0.2) is 0 Å². The van der Waals surface area contributed by atoms with Gasteiger partial charge in [0.15, 0.2) is 0 Å². The highest BCUT2D eigenvalue weighted by Crippen LogP contribution is 2.30. The van der Waals surface area contributed by atoms with Gasteiger partial charge in [0.05, 0.1) is 26.4 Å². The molecule has 1 aromatic carbocycles. The van der Waals surface area contributed by atoms with E-state index in [-0.39, 0.29) is 5.41 Å². The van der Waals surface area contributed by atoms with Gasteiger partial charge in [-0.2, -0.15) is 0 Å². The largest absolute Gasteiger partial charge is 0.377 e. The Kier molecular flexibility index (Phi) is 9.27. The van der Waals surface area contributed by atoms with Gasteiger partial charge >= 0.3 is 0 Å². The van der Waals surface area contributed by atoms with Crippen molar-refractivity contribution in [3.8, 4) is 0 Å². The summed E-state index contributed by atoms with van der Waals surface area (Å²) < 4.78 is 11.5. The fraction of sp³-hybridized carbons (Fsp3) is 0.429. The van der Waals surface area contributed by atoms with Crippen molar-refractivity contribution in [3.05, 3.63) is 67.3 Å². The molecular formula is C21H30O2. The molecule has 0 unspecified atom stereocenters.